The molecule has 1 aromatic heterocycles. The first kappa shape index (κ1) is 50.5. The number of anilines is 1. The van der Waals surface area contributed by atoms with Gasteiger partial charge in [0.1, 0.15) is 22.9 Å². The number of nitro benzene ring substituents is 2. The van der Waals surface area contributed by atoms with Crippen molar-refractivity contribution in [1.29, 1.82) is 0 Å². The summed E-state index contributed by atoms with van der Waals surface area (Å²) in [5, 5.41) is 36.2. The number of aromatic nitrogens is 3. The first-order chi connectivity index (χ1) is 26.3. The lowest BCUT2D eigenvalue weighted by Crippen LogP contribution is -2.30. The van der Waals surface area contributed by atoms with Gasteiger partial charge in [-0.05, 0) is 70.2 Å². The predicted molar refractivity (Wildman–Crippen MR) is 207 cm³/mol. The Labute approximate surface area is 334 Å². The molecule has 24 heteroatoms. The lowest BCUT2D eigenvalue weighted by atomic mass is 10.0. The fraction of sp³-hybridized carbons (Fsp3) is 0.515. The summed E-state index contributed by atoms with van der Waals surface area (Å²) >= 11 is 11.9. The third kappa shape index (κ3) is 14.7. The Morgan fingerprint density at radius 2 is 1.68 bits per heavy atom. The molecule has 0 bridgehead atoms. The fourth-order valence-corrected chi connectivity index (χ4v) is 6.08. The Kier molecular flexibility index (Phi) is 19.8. The summed E-state index contributed by atoms with van der Waals surface area (Å²) in [6.45, 7) is 8.09. The number of esters is 1. The molecule has 5 N–H and O–H groups in total. The second-order valence-corrected chi connectivity index (χ2v) is 15.9. The van der Waals surface area contributed by atoms with E-state index in [1.54, 1.807) is 20.8 Å². The first-order valence-corrected chi connectivity index (χ1v) is 20.2. The van der Waals surface area contributed by atoms with E-state index < -0.39 is 58.6 Å². The van der Waals surface area contributed by atoms with Gasteiger partial charge in [-0.25, -0.2) is 13.8 Å². The van der Waals surface area contributed by atoms with Crippen molar-refractivity contribution in [1.82, 2.24) is 14.3 Å². The van der Waals surface area contributed by atoms with Crippen molar-refractivity contribution in [3.8, 4) is 5.69 Å². The fourth-order valence-electron chi connectivity index (χ4n) is 4.86. The molecule has 57 heavy (non-hydrogen) atoms. The first-order valence-electron chi connectivity index (χ1n) is 17.1. The van der Waals surface area contributed by atoms with Crippen LogP contribution in [0, 0.1) is 46.8 Å². The third-order valence-electron chi connectivity index (χ3n) is 8.14. The molecular weight excluding hydrogens is 829 g/mol. The Morgan fingerprint density at radius 3 is 2.12 bits per heavy atom. The van der Waals surface area contributed by atoms with E-state index in [1.807, 2.05) is 13.8 Å². The molecule has 3 aromatic rings. The molecule has 0 radical (unpaired) electrons. The van der Waals surface area contributed by atoms with Crippen LogP contribution >= 0.6 is 30.6 Å². The average molecular weight is 875 g/mol. The van der Waals surface area contributed by atoms with Crippen molar-refractivity contribution in [2.45, 2.75) is 91.2 Å². The second-order valence-electron chi connectivity index (χ2n) is 12.4. The minimum Gasteiger partial charge on any atom is -0.480 e. The van der Waals surface area contributed by atoms with E-state index in [0.717, 1.165) is 25.0 Å². The molecule has 18 nitrogen and oxygen atoms in total. The summed E-state index contributed by atoms with van der Waals surface area (Å²) in [4.78, 5) is 63.9. The van der Waals surface area contributed by atoms with Gasteiger partial charge in [0.25, 0.3) is 5.69 Å². The van der Waals surface area contributed by atoms with Crippen LogP contribution in [-0.2, 0) is 25.3 Å². The second kappa shape index (κ2) is 22.4. The number of nitrogens with one attached hydrogen (secondary N) is 1. The Morgan fingerprint density at radius 1 is 1.11 bits per heavy atom. The minimum atomic E-state index is -3.12. The number of halogens is 5. The van der Waals surface area contributed by atoms with Crippen LogP contribution < -0.4 is 16.7 Å². The number of hydrogen-bond acceptors (Lipinski definition) is 12. The Balaban J connectivity index is 0.000000464. The van der Waals surface area contributed by atoms with Gasteiger partial charge in [0.05, 0.1) is 16.5 Å². The van der Waals surface area contributed by atoms with Crippen LogP contribution in [0.15, 0.2) is 23.0 Å². The number of rotatable bonds is 16. The molecule has 0 saturated carbocycles. The number of carbonyl (C=O) groups excluding carboxylic acids is 1. The van der Waals surface area contributed by atoms with Gasteiger partial charge in [-0.1, -0.05) is 25.4 Å². The van der Waals surface area contributed by atoms with Crippen LogP contribution in [0.5, 0.6) is 0 Å². The van der Waals surface area contributed by atoms with Crippen LogP contribution in [0.1, 0.15) is 69.1 Å². The topological polar surface area (TPSA) is 265 Å². The van der Waals surface area contributed by atoms with Gasteiger partial charge in [0.15, 0.2) is 18.9 Å². The summed E-state index contributed by atoms with van der Waals surface area (Å²) in [7, 11) is -3.10. The van der Waals surface area contributed by atoms with Gasteiger partial charge < -0.3 is 25.8 Å². The highest BCUT2D eigenvalue weighted by Gasteiger charge is 2.30. The molecule has 0 spiro atoms. The van der Waals surface area contributed by atoms with Gasteiger partial charge in [-0.2, -0.15) is 13.5 Å². The molecule has 318 valence electrons. The molecule has 0 aliphatic heterocycles. The number of aliphatic carboxylic acids is 1. The lowest BCUT2D eigenvalue weighted by molar-refractivity contribution is -0.392. The highest BCUT2D eigenvalue weighted by atomic mass is 35.5. The van der Waals surface area contributed by atoms with E-state index >= 15 is 0 Å². The number of nitrogens with two attached hydrogens (primary N) is 1. The third-order valence-corrected chi connectivity index (χ3v) is 9.91. The predicted octanol–water partition coefficient (Wildman–Crippen LogP) is 6.65. The monoisotopic (exact) mass is 873 g/mol. The van der Waals surface area contributed by atoms with Gasteiger partial charge in [-0.15, -0.1) is 16.7 Å². The highest BCUT2D eigenvalue weighted by molar-refractivity contribution is 7.57. The number of nitro groups is 2. The molecule has 0 fully saturated rings. The van der Waals surface area contributed by atoms with E-state index in [9.17, 15) is 52.3 Å². The number of carboxylic acid groups (broad SMARTS) is 1. The number of benzene rings is 2. The normalized spacial score (nSPS) is 13.1. The number of carboxylic acids is 1. The molecule has 0 amide bonds. The Bertz CT molecular complexity index is 2030. The van der Waals surface area contributed by atoms with Crippen molar-refractivity contribution in [2.75, 3.05) is 24.8 Å². The van der Waals surface area contributed by atoms with Crippen LogP contribution in [0.4, 0.5) is 30.2 Å². The number of ether oxygens (including phenoxy) is 1. The molecule has 0 aliphatic rings. The number of nitrogens with zero attached hydrogens (tertiary/aromatic N) is 5. The van der Waals surface area contributed by atoms with Gasteiger partial charge >= 0.3 is 29.9 Å². The summed E-state index contributed by atoms with van der Waals surface area (Å²) in [6.07, 6.45) is 1.35. The maximum absolute atomic E-state index is 14.2. The van der Waals surface area contributed by atoms with Crippen LogP contribution in [-0.4, -0.2) is 83.0 Å². The Hall–Kier alpha value is -4.56. The quantitative estimate of drug-likeness (QED) is 0.0386. The molecular formula is C33H45Cl2F3N7O11P. The van der Waals surface area contributed by atoms with Crippen molar-refractivity contribution in [3.63, 3.8) is 0 Å². The van der Waals surface area contributed by atoms with Crippen LogP contribution in [0.2, 0.25) is 5.02 Å². The smallest absolute Gasteiger partial charge is 0.355 e. The van der Waals surface area contributed by atoms with E-state index in [2.05, 4.69) is 10.4 Å². The molecule has 2 aromatic carbocycles. The molecule has 1 heterocycles. The standard InChI is InChI=1S/C15H14Cl2F3N3O3.C13H19N3O4.C5H12NO4P/c1-3-26-13(24)10(17)4-8-5-12(11(18)6-9(8)16)23-15(25)22(14(19)20)7(2)21-23;1-5-10(6-2)14-12-11(15(17)18)7-8(3)9(4)13(12)16(19)20;1-11(9,10)3-2-4(6)5(7)8/h5-6,10,14H,3-4H2,1-2H3;7,10,14H,5-6H2,1-4H3;4H,2-3,6H2,1H3,(H,7,8)(H,9,10). The van der Waals surface area contributed by atoms with E-state index in [1.165, 1.54) is 19.7 Å². The molecule has 3 rings (SSSR count). The van der Waals surface area contributed by atoms with Gasteiger partial charge in [0, 0.05) is 41.9 Å². The van der Waals surface area contributed by atoms with E-state index in [4.69, 9.17) is 43.7 Å². The van der Waals surface area contributed by atoms with Crippen molar-refractivity contribution in [2.24, 2.45) is 5.73 Å². The highest BCUT2D eigenvalue weighted by Crippen LogP contribution is 2.40. The van der Waals surface area contributed by atoms with Gasteiger partial charge in [-0.3, -0.25) is 34.4 Å². The minimum absolute atomic E-state index is 0.0109. The number of hydrogen-bond donors (Lipinski definition) is 4. The average Bonchev–Trinajstić information content (AvgIpc) is 3.41. The van der Waals surface area contributed by atoms with Crippen molar-refractivity contribution < 1.29 is 51.9 Å². The summed E-state index contributed by atoms with van der Waals surface area (Å²) in [6, 6.07) is 2.34. The molecule has 0 aliphatic carbocycles. The summed E-state index contributed by atoms with van der Waals surface area (Å²) in [5.41, 5.74) is 4.28. The van der Waals surface area contributed by atoms with Crippen molar-refractivity contribution >= 4 is 59.6 Å². The van der Waals surface area contributed by atoms with Crippen LogP contribution in [0.3, 0.4) is 0 Å². The summed E-state index contributed by atoms with van der Waals surface area (Å²) < 4.78 is 56.1. The van der Waals surface area contributed by atoms with E-state index in [0.29, 0.717) is 15.8 Å². The van der Waals surface area contributed by atoms with Crippen molar-refractivity contribution in [3.05, 3.63) is 82.3 Å². The molecule has 3 atom stereocenters. The van der Waals surface area contributed by atoms with Crippen LogP contribution in [0.25, 0.3) is 5.69 Å². The maximum atomic E-state index is 14.2. The number of aryl methyl sites for hydroxylation is 2. The number of carbonyl (C=O) groups is 2. The van der Waals surface area contributed by atoms with E-state index in [-0.39, 0.29) is 75.4 Å². The zero-order valence-electron chi connectivity index (χ0n) is 32.0. The number of alkyl halides is 3. The zero-order chi connectivity index (χ0) is 44.1. The molecule has 3 unspecified atom stereocenters. The maximum Gasteiger partial charge on any atom is 0.355 e. The molecule has 0 saturated heterocycles. The SMILES string of the molecule is CCC(CC)Nc1c([N+](=O)[O-])cc(C)c(C)c1[N+](=O)[O-].CCOC(=O)C(Cl)Cc1cc(-n2nc(C)n(C(F)F)c2=O)c(F)cc1Cl.CP(=O)(O)CCC(N)C(=O)O. The summed E-state index contributed by atoms with van der Waals surface area (Å²) in [5.74, 6) is -3.06. The van der Waals surface area contributed by atoms with Gasteiger partial charge in [0.2, 0.25) is 0 Å². The zero-order valence-corrected chi connectivity index (χ0v) is 34.4. The largest absolute Gasteiger partial charge is 0.480 e. The lowest BCUT2D eigenvalue weighted by Gasteiger charge is -2.17.